The number of carbonyl (C=O) groups excluding carboxylic acids is 1. The van der Waals surface area contributed by atoms with E-state index in [4.69, 9.17) is 5.26 Å². The van der Waals surface area contributed by atoms with E-state index in [1.807, 2.05) is 6.07 Å². The standard InChI is InChI=1S/C16H13N3O4/c1-9(20)13-14(21)18(11-5-6-11)16(23)19(15(13)22)12-4-2-3-10(7-12)8-17/h2-4,7,11,21H,5-6H2,1H3. The van der Waals surface area contributed by atoms with Gasteiger partial charge in [-0.1, -0.05) is 6.07 Å². The molecule has 7 heteroatoms. The van der Waals surface area contributed by atoms with Crippen molar-refractivity contribution in [2.75, 3.05) is 0 Å². The number of nitrogens with zero attached hydrogens (tertiary/aromatic N) is 3. The summed E-state index contributed by atoms with van der Waals surface area (Å²) in [4.78, 5) is 36.9. The average Bonchev–Trinajstić information content (AvgIpc) is 3.31. The Morgan fingerprint density at radius 3 is 2.61 bits per heavy atom. The molecule has 1 aliphatic rings. The number of aromatic nitrogens is 2. The van der Waals surface area contributed by atoms with Crippen LogP contribution in [0, 0.1) is 11.3 Å². The first-order chi connectivity index (χ1) is 11.0. The Morgan fingerprint density at radius 2 is 2.04 bits per heavy atom. The predicted octanol–water partition coefficient (Wildman–Crippen LogP) is 1.11. The highest BCUT2D eigenvalue weighted by Gasteiger charge is 2.32. The van der Waals surface area contributed by atoms with Gasteiger partial charge in [-0.05, 0) is 38.0 Å². The molecule has 2 aromatic rings. The van der Waals surface area contributed by atoms with Gasteiger partial charge < -0.3 is 5.11 Å². The van der Waals surface area contributed by atoms with E-state index in [2.05, 4.69) is 0 Å². The summed E-state index contributed by atoms with van der Waals surface area (Å²) in [6, 6.07) is 7.69. The van der Waals surface area contributed by atoms with Gasteiger partial charge in [-0.3, -0.25) is 14.2 Å². The lowest BCUT2D eigenvalue weighted by atomic mass is 10.2. The van der Waals surface area contributed by atoms with Crippen LogP contribution >= 0.6 is 0 Å². The van der Waals surface area contributed by atoms with Crippen LogP contribution < -0.4 is 11.2 Å². The maximum absolute atomic E-state index is 12.6. The molecule has 1 saturated carbocycles. The Labute approximate surface area is 130 Å². The highest BCUT2D eigenvalue weighted by atomic mass is 16.3. The van der Waals surface area contributed by atoms with Gasteiger partial charge in [0.05, 0.1) is 17.3 Å². The van der Waals surface area contributed by atoms with Gasteiger partial charge in [0, 0.05) is 6.04 Å². The summed E-state index contributed by atoms with van der Waals surface area (Å²) in [5, 5.41) is 19.2. The van der Waals surface area contributed by atoms with Crippen molar-refractivity contribution in [3.05, 3.63) is 56.2 Å². The molecule has 7 nitrogen and oxygen atoms in total. The summed E-state index contributed by atoms with van der Waals surface area (Å²) in [6.45, 7) is 1.16. The van der Waals surface area contributed by atoms with Crippen LogP contribution in [0.5, 0.6) is 5.88 Å². The fourth-order valence-electron chi connectivity index (χ4n) is 2.53. The minimum atomic E-state index is -0.882. The Hall–Kier alpha value is -3.14. The van der Waals surface area contributed by atoms with E-state index >= 15 is 0 Å². The summed E-state index contributed by atoms with van der Waals surface area (Å²) >= 11 is 0. The highest BCUT2D eigenvalue weighted by molar-refractivity contribution is 5.95. The molecule has 0 aliphatic heterocycles. The Morgan fingerprint density at radius 1 is 1.35 bits per heavy atom. The van der Waals surface area contributed by atoms with E-state index in [1.165, 1.54) is 12.1 Å². The quantitative estimate of drug-likeness (QED) is 0.855. The number of ketones is 1. The molecular formula is C16H13N3O4. The zero-order valence-corrected chi connectivity index (χ0v) is 12.3. The molecule has 1 aromatic heterocycles. The molecule has 1 aromatic carbocycles. The van der Waals surface area contributed by atoms with Crippen molar-refractivity contribution in [2.24, 2.45) is 0 Å². The third kappa shape index (κ3) is 2.34. The molecule has 116 valence electrons. The SMILES string of the molecule is CC(=O)c1c(O)n(C2CC2)c(=O)n(-c2cccc(C#N)c2)c1=O. The van der Waals surface area contributed by atoms with E-state index in [1.54, 1.807) is 12.1 Å². The Bertz CT molecular complexity index is 974. The van der Waals surface area contributed by atoms with Crippen molar-refractivity contribution in [2.45, 2.75) is 25.8 Å². The normalized spacial score (nSPS) is 13.6. The van der Waals surface area contributed by atoms with Gasteiger partial charge in [0.15, 0.2) is 5.78 Å². The molecule has 0 unspecified atom stereocenters. The summed E-state index contributed by atoms with van der Waals surface area (Å²) in [5.41, 5.74) is -1.54. The fourth-order valence-corrected chi connectivity index (χ4v) is 2.53. The van der Waals surface area contributed by atoms with Gasteiger partial charge in [0.2, 0.25) is 5.88 Å². The van der Waals surface area contributed by atoms with Crippen molar-refractivity contribution >= 4 is 5.78 Å². The zero-order valence-electron chi connectivity index (χ0n) is 12.3. The van der Waals surface area contributed by atoms with Gasteiger partial charge >= 0.3 is 5.69 Å². The lowest BCUT2D eigenvalue weighted by Gasteiger charge is -2.14. The van der Waals surface area contributed by atoms with Crippen LogP contribution in [-0.4, -0.2) is 20.0 Å². The smallest absolute Gasteiger partial charge is 0.338 e. The molecule has 1 heterocycles. The van der Waals surface area contributed by atoms with Crippen molar-refractivity contribution in [3.63, 3.8) is 0 Å². The first-order valence-corrected chi connectivity index (χ1v) is 7.07. The van der Waals surface area contributed by atoms with Crippen LogP contribution in [0.4, 0.5) is 0 Å². The predicted molar refractivity (Wildman–Crippen MR) is 81.0 cm³/mol. The van der Waals surface area contributed by atoms with E-state index < -0.39 is 28.5 Å². The molecule has 1 fully saturated rings. The molecule has 1 N–H and O–H groups in total. The summed E-state index contributed by atoms with van der Waals surface area (Å²) in [5.74, 6) is -1.20. The molecule has 0 radical (unpaired) electrons. The van der Waals surface area contributed by atoms with Crippen molar-refractivity contribution < 1.29 is 9.90 Å². The van der Waals surface area contributed by atoms with E-state index in [9.17, 15) is 19.5 Å². The number of Topliss-reactive ketones (excluding diaryl/α,β-unsaturated/α-hetero) is 1. The maximum atomic E-state index is 12.6. The molecule has 23 heavy (non-hydrogen) atoms. The third-order valence-electron chi connectivity index (χ3n) is 3.76. The molecule has 3 rings (SSSR count). The number of nitriles is 1. The lowest BCUT2D eigenvalue weighted by Crippen LogP contribution is -2.41. The topological polar surface area (TPSA) is 105 Å². The number of carbonyl (C=O) groups is 1. The third-order valence-corrected chi connectivity index (χ3v) is 3.76. The number of hydrogen-bond donors (Lipinski definition) is 1. The Kier molecular flexibility index (Phi) is 3.37. The molecule has 0 amide bonds. The minimum absolute atomic E-state index is 0.191. The molecule has 0 spiro atoms. The monoisotopic (exact) mass is 311 g/mol. The second-order valence-corrected chi connectivity index (χ2v) is 5.44. The summed E-state index contributed by atoms with van der Waals surface area (Å²) < 4.78 is 1.91. The van der Waals surface area contributed by atoms with Gasteiger partial charge in [0.1, 0.15) is 5.56 Å². The lowest BCUT2D eigenvalue weighted by molar-refractivity contribution is 0.101. The summed E-state index contributed by atoms with van der Waals surface area (Å²) in [6.07, 6.45) is 1.39. The first kappa shape index (κ1) is 14.8. The van der Waals surface area contributed by atoms with E-state index in [-0.39, 0.29) is 17.3 Å². The zero-order chi connectivity index (χ0) is 16.7. The van der Waals surface area contributed by atoms with Crippen LogP contribution in [0.15, 0.2) is 33.9 Å². The van der Waals surface area contributed by atoms with Crippen LogP contribution in [0.25, 0.3) is 5.69 Å². The second-order valence-electron chi connectivity index (χ2n) is 5.44. The number of benzene rings is 1. The van der Waals surface area contributed by atoms with Crippen LogP contribution in [-0.2, 0) is 0 Å². The number of aromatic hydroxyl groups is 1. The Balaban J connectivity index is 2.41. The van der Waals surface area contributed by atoms with Crippen molar-refractivity contribution in [1.82, 2.24) is 9.13 Å². The van der Waals surface area contributed by atoms with Gasteiger partial charge in [-0.15, -0.1) is 0 Å². The second kappa shape index (κ2) is 5.25. The maximum Gasteiger partial charge on any atom is 0.338 e. The first-order valence-electron chi connectivity index (χ1n) is 7.07. The van der Waals surface area contributed by atoms with Crippen LogP contribution in [0.2, 0.25) is 0 Å². The van der Waals surface area contributed by atoms with E-state index in [0.29, 0.717) is 12.8 Å². The van der Waals surface area contributed by atoms with Crippen LogP contribution in [0.1, 0.15) is 41.7 Å². The number of rotatable bonds is 3. The summed E-state index contributed by atoms with van der Waals surface area (Å²) in [7, 11) is 0. The molecule has 0 bridgehead atoms. The average molecular weight is 311 g/mol. The minimum Gasteiger partial charge on any atom is -0.494 e. The van der Waals surface area contributed by atoms with E-state index in [0.717, 1.165) is 16.1 Å². The van der Waals surface area contributed by atoms with Gasteiger partial charge in [0.25, 0.3) is 5.56 Å². The van der Waals surface area contributed by atoms with Crippen LogP contribution in [0.3, 0.4) is 0 Å². The van der Waals surface area contributed by atoms with Crippen molar-refractivity contribution in [3.8, 4) is 17.6 Å². The molecule has 0 saturated heterocycles. The molecular weight excluding hydrogens is 298 g/mol. The molecule has 1 aliphatic carbocycles. The van der Waals surface area contributed by atoms with Gasteiger partial charge in [-0.25, -0.2) is 9.36 Å². The van der Waals surface area contributed by atoms with Crippen molar-refractivity contribution in [1.29, 1.82) is 5.26 Å². The largest absolute Gasteiger partial charge is 0.494 e. The number of hydrogen-bond acceptors (Lipinski definition) is 5. The van der Waals surface area contributed by atoms with Gasteiger partial charge in [-0.2, -0.15) is 5.26 Å². The fraction of sp³-hybridized carbons (Fsp3) is 0.250. The molecule has 0 atom stereocenters. The highest BCUT2D eigenvalue weighted by Crippen LogP contribution is 2.36.